The SMILES string of the molecule is [NH4+].[NH4+].[O]=[Ru](=[O])(=[O])([O-])[O-]. The molecule has 0 aromatic carbocycles. The molecule has 0 aromatic heterocycles. The molecule has 8 heteroatoms. The molecule has 0 atom stereocenters. The molecule has 0 amide bonds. The van der Waals surface area contributed by atoms with E-state index in [2.05, 4.69) is 0 Å². The maximum absolute atomic E-state index is 8.64. The van der Waals surface area contributed by atoms with Gasteiger partial charge in [-0.25, -0.2) is 0 Å². The molecule has 0 saturated carbocycles. The molecular weight excluding hydrogens is 209 g/mol. The molecule has 0 aliphatic carbocycles. The van der Waals surface area contributed by atoms with Crippen molar-refractivity contribution in [3.63, 3.8) is 0 Å². The van der Waals surface area contributed by atoms with Crippen LogP contribution in [0.1, 0.15) is 0 Å². The first kappa shape index (κ1) is 15.7. The van der Waals surface area contributed by atoms with Crippen molar-refractivity contribution in [3.05, 3.63) is 0 Å². The molecule has 0 spiro atoms. The Kier molecular flexibility index (Phi) is 4.75. The average Bonchev–Trinajstić information content (AvgIpc) is 0.650. The molecule has 0 unspecified atom stereocenters. The average molecular weight is 217 g/mol. The maximum atomic E-state index is 8.64. The molecule has 0 fully saturated rings. The minimum atomic E-state index is -7.72. The molecule has 56 valence electrons. The van der Waals surface area contributed by atoms with Crippen molar-refractivity contribution in [2.24, 2.45) is 0 Å². The van der Waals surface area contributed by atoms with Crippen LogP contribution in [0.3, 0.4) is 0 Å². The van der Waals surface area contributed by atoms with Crippen LogP contribution in [0.5, 0.6) is 0 Å². The van der Waals surface area contributed by atoms with Crippen LogP contribution in [0.2, 0.25) is 0 Å². The van der Waals surface area contributed by atoms with Crippen LogP contribution < -0.4 is 20.2 Å². The summed E-state index contributed by atoms with van der Waals surface area (Å²) < 4.78 is 43.2. The van der Waals surface area contributed by atoms with Crippen LogP contribution in [0.15, 0.2) is 0 Å². The second-order valence-corrected chi connectivity index (χ2v) is 3.49. The zero-order valence-electron chi connectivity index (χ0n) is 4.39. The van der Waals surface area contributed by atoms with Gasteiger partial charge in [-0.2, -0.15) is 0 Å². The molecule has 0 bridgehead atoms. The summed E-state index contributed by atoms with van der Waals surface area (Å²) in [5.41, 5.74) is 0. The van der Waals surface area contributed by atoms with Gasteiger partial charge in [0.2, 0.25) is 0 Å². The van der Waals surface area contributed by atoms with Gasteiger partial charge in [0.15, 0.2) is 0 Å². The van der Waals surface area contributed by atoms with E-state index in [0.717, 1.165) is 0 Å². The van der Waals surface area contributed by atoms with Crippen molar-refractivity contribution in [1.82, 2.24) is 12.3 Å². The van der Waals surface area contributed by atoms with Crippen LogP contribution in [-0.4, -0.2) is 0 Å². The summed E-state index contributed by atoms with van der Waals surface area (Å²) in [6.45, 7) is 0. The second-order valence-electron chi connectivity index (χ2n) is 0.589. The minimum absolute atomic E-state index is 0. The second kappa shape index (κ2) is 2.43. The zero-order chi connectivity index (χ0) is 5.45. The Labute approximate surface area is 45.8 Å². The van der Waals surface area contributed by atoms with Gasteiger partial charge in [0, 0.05) is 0 Å². The summed E-state index contributed by atoms with van der Waals surface area (Å²) in [6.07, 6.45) is 0. The molecule has 0 aliphatic rings. The van der Waals surface area contributed by atoms with Crippen LogP contribution in [-0.2, 0) is 24.9 Å². The number of rotatable bonds is 0. The van der Waals surface area contributed by atoms with E-state index in [0.29, 0.717) is 0 Å². The first-order valence-corrected chi connectivity index (χ1v) is 4.27. The number of hydrogen-bond acceptors (Lipinski definition) is 5. The van der Waals surface area contributed by atoms with Gasteiger partial charge in [-0.15, -0.1) is 0 Å². The van der Waals surface area contributed by atoms with Crippen molar-refractivity contribution >= 4 is 0 Å². The summed E-state index contributed by atoms with van der Waals surface area (Å²) >= 11 is -7.72. The summed E-state index contributed by atoms with van der Waals surface area (Å²) in [6, 6.07) is 0. The van der Waals surface area contributed by atoms with Gasteiger partial charge < -0.3 is 12.3 Å². The number of quaternary nitrogens is 2. The first-order chi connectivity index (χ1) is 2.24. The van der Waals surface area contributed by atoms with Gasteiger partial charge in [0.25, 0.3) is 0 Å². The standard InChI is InChI=1S/2H3N.5O.Ru/h2*1H3;;;;;;/q;;;;;2*-1;/p+2. The van der Waals surface area contributed by atoms with Crippen molar-refractivity contribution in [1.29, 1.82) is 0 Å². The molecule has 0 rings (SSSR count). The predicted molar refractivity (Wildman–Crippen MR) is 14.0 cm³/mol. The predicted octanol–water partition coefficient (Wildman–Crippen LogP) is -1.98. The van der Waals surface area contributed by atoms with Crippen molar-refractivity contribution < 1.29 is 32.8 Å². The van der Waals surface area contributed by atoms with E-state index in [1.54, 1.807) is 0 Å². The zero-order valence-corrected chi connectivity index (χ0v) is 6.13. The van der Waals surface area contributed by atoms with Crippen LogP contribution in [0.4, 0.5) is 0 Å². The monoisotopic (exact) mass is 218 g/mol. The Bertz CT molecular complexity index is 189. The van der Waals surface area contributed by atoms with E-state index < -0.39 is 14.2 Å². The third-order valence-electron chi connectivity index (χ3n) is 0. The first-order valence-electron chi connectivity index (χ1n) is 0.722. The molecule has 0 heterocycles. The van der Waals surface area contributed by atoms with E-state index >= 15 is 0 Å². The fourth-order valence-corrected chi connectivity index (χ4v) is 0. The van der Waals surface area contributed by atoms with Gasteiger partial charge in [0.1, 0.15) is 0 Å². The Morgan fingerprint density at radius 3 is 0.875 bits per heavy atom. The molecular formula is H8N2O5Ru. The third-order valence-corrected chi connectivity index (χ3v) is 0. The Morgan fingerprint density at radius 2 is 0.875 bits per heavy atom. The molecule has 0 saturated heterocycles. The van der Waals surface area contributed by atoms with Gasteiger partial charge >= 0.3 is 32.8 Å². The Morgan fingerprint density at radius 1 is 0.875 bits per heavy atom. The quantitative estimate of drug-likeness (QED) is 0.446. The van der Waals surface area contributed by atoms with E-state index in [-0.39, 0.29) is 12.3 Å². The molecule has 0 radical (unpaired) electrons. The summed E-state index contributed by atoms with van der Waals surface area (Å²) in [5, 5.41) is 0. The molecule has 0 aromatic rings. The van der Waals surface area contributed by atoms with Crippen LogP contribution >= 0.6 is 0 Å². The molecule has 8 heavy (non-hydrogen) atoms. The summed E-state index contributed by atoms with van der Waals surface area (Å²) in [7, 11) is 0. The van der Waals surface area contributed by atoms with E-state index in [1.807, 2.05) is 0 Å². The fraction of sp³-hybridized carbons (Fsp3) is 0. The van der Waals surface area contributed by atoms with E-state index in [9.17, 15) is 0 Å². The van der Waals surface area contributed by atoms with Crippen LogP contribution in [0.25, 0.3) is 0 Å². The van der Waals surface area contributed by atoms with E-state index in [1.165, 1.54) is 0 Å². The van der Waals surface area contributed by atoms with Crippen molar-refractivity contribution in [2.45, 2.75) is 0 Å². The van der Waals surface area contributed by atoms with Crippen LogP contribution in [0, 0.1) is 0 Å². The molecule has 7 nitrogen and oxygen atoms in total. The van der Waals surface area contributed by atoms with Gasteiger partial charge in [0.05, 0.1) is 0 Å². The van der Waals surface area contributed by atoms with Gasteiger partial charge in [-0.3, -0.25) is 0 Å². The summed E-state index contributed by atoms with van der Waals surface area (Å²) in [5.74, 6) is 0. The summed E-state index contributed by atoms with van der Waals surface area (Å²) in [4.78, 5) is 0. The van der Waals surface area contributed by atoms with Gasteiger partial charge in [-0.05, 0) is 0 Å². The molecule has 8 N–H and O–H groups in total. The van der Waals surface area contributed by atoms with Crippen molar-refractivity contribution in [3.8, 4) is 0 Å². The fourth-order valence-electron chi connectivity index (χ4n) is 0. The Balaban J connectivity index is -0.000000125. The normalized spacial score (nSPS) is 14.0. The molecule has 0 aliphatic heterocycles. The van der Waals surface area contributed by atoms with Crippen molar-refractivity contribution in [2.75, 3.05) is 0 Å². The Hall–Kier alpha value is -0.137. The topological polar surface area (TPSA) is 170 Å². The third kappa shape index (κ3) is 7430. The van der Waals surface area contributed by atoms with Gasteiger partial charge in [-0.1, -0.05) is 0 Å². The van der Waals surface area contributed by atoms with E-state index in [4.69, 9.17) is 18.6 Å². The number of hydrogen-bond donors (Lipinski definition) is 2.